The molecule has 144 valence electrons. The molecule has 16 heteroatoms. The summed E-state index contributed by atoms with van der Waals surface area (Å²) in [5, 5.41) is 33.2. The van der Waals surface area contributed by atoms with Gasteiger partial charge >= 0.3 is 33.1 Å². The van der Waals surface area contributed by atoms with Gasteiger partial charge in [0.2, 0.25) is 17.3 Å². The standard InChI is InChI=1S/3C4H3NO4.Al/c3*6-2-1(4(8)9)5-3(2)7;/h3*6H,(H,5,7)(H,8,9);/q;;;+3/p-3. The first-order valence-electron chi connectivity index (χ1n) is 6.97. The maximum absolute atomic E-state index is 11.8. The number of rotatable bonds is 6. The summed E-state index contributed by atoms with van der Waals surface area (Å²) in [6, 6.07) is 0. The Balaban J connectivity index is 1.74. The lowest BCUT2D eigenvalue weighted by Crippen LogP contribution is -2.48. The van der Waals surface area contributed by atoms with Gasteiger partial charge < -0.3 is 42.6 Å². The van der Waals surface area contributed by atoms with Crippen molar-refractivity contribution in [2.75, 3.05) is 0 Å². The summed E-state index contributed by atoms with van der Waals surface area (Å²) in [6.07, 6.45) is 0. The lowest BCUT2D eigenvalue weighted by molar-refractivity contribution is -0.147. The highest BCUT2D eigenvalue weighted by atomic mass is 27.3. The van der Waals surface area contributed by atoms with E-state index in [1.54, 1.807) is 0 Å². The van der Waals surface area contributed by atoms with E-state index in [4.69, 9.17) is 0 Å². The van der Waals surface area contributed by atoms with Crippen molar-refractivity contribution in [1.29, 1.82) is 0 Å². The van der Waals surface area contributed by atoms with Crippen LogP contribution in [-0.2, 0) is 40.1 Å². The maximum Gasteiger partial charge on any atom is 1.20 e. The van der Waals surface area contributed by atoms with E-state index in [0.717, 1.165) is 0 Å². The molecule has 0 aromatic heterocycles. The van der Waals surface area contributed by atoms with Crippen LogP contribution in [0.3, 0.4) is 0 Å². The molecule has 3 heterocycles. The average Bonchev–Trinajstić information content (AvgIpc) is 2.66. The van der Waals surface area contributed by atoms with Gasteiger partial charge in [-0.3, -0.25) is 14.4 Å². The quantitative estimate of drug-likeness (QED) is 0.232. The molecular formula is C12H6AlN3O12. The molecule has 0 aromatic rings. The first-order chi connectivity index (χ1) is 13.1. The monoisotopic (exact) mass is 411 g/mol. The van der Waals surface area contributed by atoms with Gasteiger partial charge in [0.15, 0.2) is 17.1 Å². The summed E-state index contributed by atoms with van der Waals surface area (Å²) in [4.78, 5) is 68.1. The van der Waals surface area contributed by atoms with Gasteiger partial charge in [-0.25, -0.2) is 14.4 Å². The number of hydrogen-bond donors (Lipinski definition) is 6. The molecule has 3 amide bonds. The highest BCUT2D eigenvalue weighted by Gasteiger charge is 2.54. The maximum atomic E-state index is 11.8. The van der Waals surface area contributed by atoms with Gasteiger partial charge in [-0.1, -0.05) is 0 Å². The second kappa shape index (κ2) is 6.61. The van der Waals surface area contributed by atoms with Crippen molar-refractivity contribution in [3.63, 3.8) is 0 Å². The lowest BCUT2D eigenvalue weighted by Gasteiger charge is -2.23. The van der Waals surface area contributed by atoms with Crippen molar-refractivity contribution < 1.29 is 55.5 Å². The van der Waals surface area contributed by atoms with Crippen molar-refractivity contribution in [2.45, 2.75) is 0 Å². The van der Waals surface area contributed by atoms with E-state index in [-0.39, 0.29) is 0 Å². The first-order valence-corrected chi connectivity index (χ1v) is 8.38. The molecule has 6 N–H and O–H groups in total. The van der Waals surface area contributed by atoms with E-state index in [1.165, 1.54) is 0 Å². The molecule has 0 unspecified atom stereocenters. The van der Waals surface area contributed by atoms with E-state index in [2.05, 4.69) is 11.4 Å². The fraction of sp³-hybridized carbons (Fsp3) is 0. The van der Waals surface area contributed by atoms with Crippen molar-refractivity contribution in [3.05, 3.63) is 34.4 Å². The van der Waals surface area contributed by atoms with Crippen molar-refractivity contribution >= 4 is 50.8 Å². The predicted octanol–water partition coefficient (Wildman–Crippen LogP) is -3.70. The summed E-state index contributed by atoms with van der Waals surface area (Å²) in [5.41, 5.74) is -2.10. The number of carbonyl (C=O) groups is 6. The second-order valence-electron chi connectivity index (χ2n) is 5.04. The van der Waals surface area contributed by atoms with Crippen LogP contribution in [0.1, 0.15) is 0 Å². The molecule has 0 bridgehead atoms. The summed E-state index contributed by atoms with van der Waals surface area (Å²) in [5.74, 6) is -10.2. The highest BCUT2D eigenvalue weighted by Crippen LogP contribution is 2.17. The van der Waals surface area contributed by atoms with Gasteiger partial charge in [-0.2, -0.15) is 0 Å². The van der Waals surface area contributed by atoms with Crippen LogP contribution in [0.25, 0.3) is 0 Å². The molecular weight excluding hydrogens is 405 g/mol. The zero-order valence-electron chi connectivity index (χ0n) is 13.1. The van der Waals surface area contributed by atoms with E-state index in [9.17, 15) is 44.1 Å². The Hall–Kier alpha value is -4.03. The molecule has 0 saturated heterocycles. The predicted molar refractivity (Wildman–Crippen MR) is 77.4 cm³/mol. The molecule has 0 radical (unpaired) electrons. The largest absolute Gasteiger partial charge is 1.20 e. The van der Waals surface area contributed by atoms with Crippen LogP contribution in [-0.4, -0.2) is 66.1 Å². The normalized spacial score (nSPS) is 17.4. The van der Waals surface area contributed by atoms with Crippen molar-refractivity contribution in [2.24, 2.45) is 0 Å². The molecule has 0 aliphatic carbocycles. The second-order valence-corrected chi connectivity index (χ2v) is 6.32. The summed E-state index contributed by atoms with van der Waals surface area (Å²) in [6.45, 7) is 0. The van der Waals surface area contributed by atoms with Crippen molar-refractivity contribution in [1.82, 2.24) is 16.0 Å². The van der Waals surface area contributed by atoms with Gasteiger partial charge in [0, 0.05) is 0 Å². The van der Waals surface area contributed by atoms with E-state index >= 15 is 0 Å². The Kier molecular flexibility index (Phi) is 4.43. The number of amides is 3. The lowest BCUT2D eigenvalue weighted by atomic mass is 10.2. The van der Waals surface area contributed by atoms with Crippen LogP contribution in [0, 0.1) is 0 Å². The summed E-state index contributed by atoms with van der Waals surface area (Å²) in [7, 11) is 0. The minimum Gasteiger partial charge on any atom is -0.546 e. The molecule has 3 aliphatic rings. The number of nitrogens with one attached hydrogen (secondary N) is 3. The van der Waals surface area contributed by atoms with Crippen LogP contribution in [0.15, 0.2) is 34.4 Å². The number of hydrogen-bond acceptors (Lipinski definition) is 12. The minimum absolute atomic E-state index is 0.701. The Morgan fingerprint density at radius 2 is 0.857 bits per heavy atom. The Bertz CT molecular complexity index is 853. The molecule has 3 aliphatic heterocycles. The smallest absolute Gasteiger partial charge is 0.546 e. The Morgan fingerprint density at radius 3 is 1.04 bits per heavy atom. The third-order valence-electron chi connectivity index (χ3n) is 3.29. The molecule has 0 fully saturated rings. The number of aliphatic hydroxyl groups is 3. The molecule has 28 heavy (non-hydrogen) atoms. The molecule has 0 spiro atoms. The van der Waals surface area contributed by atoms with Crippen LogP contribution < -0.4 is 16.0 Å². The van der Waals surface area contributed by atoms with Crippen molar-refractivity contribution in [3.8, 4) is 0 Å². The summed E-state index contributed by atoms with van der Waals surface area (Å²) >= 11 is -4.10. The van der Waals surface area contributed by atoms with Gasteiger partial charge in [-0.05, 0) is 0 Å². The zero-order chi connectivity index (χ0) is 20.7. The molecule has 0 atom stereocenters. The van der Waals surface area contributed by atoms with E-state index in [1.807, 2.05) is 16.0 Å². The third-order valence-corrected chi connectivity index (χ3v) is 4.51. The van der Waals surface area contributed by atoms with Gasteiger partial charge in [0.05, 0.1) is 0 Å². The van der Waals surface area contributed by atoms with Gasteiger partial charge in [0.1, 0.15) is 0 Å². The minimum atomic E-state index is -4.10. The van der Waals surface area contributed by atoms with E-state index in [0.29, 0.717) is 0 Å². The SMILES string of the molecule is O=C1NC(C(=O)[O][Al]([O]C(=O)C2=C(O)C(=O)N2)[O]C(=O)C2=C(O)C(=O)N2)=C1O. The zero-order valence-corrected chi connectivity index (χ0v) is 14.2. The third kappa shape index (κ3) is 3.08. The van der Waals surface area contributed by atoms with Gasteiger partial charge in [0.25, 0.3) is 17.7 Å². The number of aliphatic hydroxyl groups excluding tert-OH is 3. The Morgan fingerprint density at radius 1 is 0.607 bits per heavy atom. The first kappa shape index (κ1) is 18.8. The number of carbonyl (C=O) groups excluding carboxylic acids is 6. The average molecular weight is 411 g/mol. The fourth-order valence-electron chi connectivity index (χ4n) is 1.80. The highest BCUT2D eigenvalue weighted by molar-refractivity contribution is 6.46. The summed E-state index contributed by atoms with van der Waals surface area (Å²) < 4.78 is 13.9. The molecule has 0 aromatic carbocycles. The molecule has 15 nitrogen and oxygen atoms in total. The van der Waals surface area contributed by atoms with Crippen LogP contribution in [0.5, 0.6) is 0 Å². The topological polar surface area (TPSA) is 227 Å². The van der Waals surface area contributed by atoms with Crippen LogP contribution >= 0.6 is 0 Å². The van der Waals surface area contributed by atoms with Crippen LogP contribution in [0.4, 0.5) is 0 Å². The molecule has 3 rings (SSSR count). The Labute approximate surface area is 157 Å². The molecule has 0 saturated carbocycles. The fourth-order valence-corrected chi connectivity index (χ4v) is 2.83. The van der Waals surface area contributed by atoms with Gasteiger partial charge in [-0.15, -0.1) is 0 Å². The van der Waals surface area contributed by atoms with Crippen LogP contribution in [0.2, 0.25) is 0 Å². The van der Waals surface area contributed by atoms with E-state index < -0.39 is 85.1 Å².